The fraction of sp³-hybridized carbons (Fsp3) is 0.286. The molecule has 0 aliphatic heterocycles. The summed E-state index contributed by atoms with van der Waals surface area (Å²) in [5.41, 5.74) is 6.18. The molecule has 0 saturated heterocycles. The lowest BCUT2D eigenvalue weighted by Crippen LogP contribution is -1.87. The first-order valence-corrected chi connectivity index (χ1v) is 3.12. The van der Waals surface area contributed by atoms with Crippen LogP contribution in [0.3, 0.4) is 0 Å². The molecule has 0 spiro atoms. The molecule has 1 amide bonds. The Morgan fingerprint density at radius 2 is 1.55 bits per heavy atom. The second-order valence-corrected chi connectivity index (χ2v) is 1.86. The van der Waals surface area contributed by atoms with Crippen LogP contribution in [0.5, 0.6) is 0 Å². The number of primary amides is 1. The van der Waals surface area contributed by atoms with Crippen molar-refractivity contribution in [2.75, 3.05) is 0 Å². The van der Waals surface area contributed by atoms with E-state index in [2.05, 4.69) is 15.7 Å². The predicted octanol–water partition coefficient (Wildman–Crippen LogP) is 0.195. The van der Waals surface area contributed by atoms with E-state index >= 15 is 0 Å². The van der Waals surface area contributed by atoms with Crippen molar-refractivity contribution >= 4 is 6.41 Å². The zero-order chi connectivity index (χ0) is 8.69. The Morgan fingerprint density at radius 3 is 1.73 bits per heavy atom. The highest BCUT2D eigenvalue weighted by Crippen LogP contribution is 1.93. The van der Waals surface area contributed by atoms with Crippen molar-refractivity contribution in [3.05, 3.63) is 23.8 Å². The number of aromatic nitrogens is 2. The van der Waals surface area contributed by atoms with Crippen molar-refractivity contribution < 1.29 is 4.79 Å². The van der Waals surface area contributed by atoms with Gasteiger partial charge in [0.05, 0.1) is 11.4 Å². The van der Waals surface area contributed by atoms with Gasteiger partial charge >= 0.3 is 0 Å². The van der Waals surface area contributed by atoms with Crippen LogP contribution in [0.2, 0.25) is 0 Å². The number of aryl methyl sites for hydroxylation is 2. The molecule has 0 bridgehead atoms. The van der Waals surface area contributed by atoms with Crippen molar-refractivity contribution in [2.45, 2.75) is 13.8 Å². The monoisotopic (exact) mass is 153 g/mol. The van der Waals surface area contributed by atoms with Crippen LogP contribution in [0, 0.1) is 13.8 Å². The molecular weight excluding hydrogens is 142 g/mol. The van der Waals surface area contributed by atoms with Crippen molar-refractivity contribution in [2.24, 2.45) is 5.73 Å². The summed E-state index contributed by atoms with van der Waals surface area (Å²) in [4.78, 5) is 16.6. The second-order valence-electron chi connectivity index (χ2n) is 1.86. The van der Waals surface area contributed by atoms with E-state index in [-0.39, 0.29) is 6.41 Å². The van der Waals surface area contributed by atoms with Crippen LogP contribution in [0.25, 0.3) is 0 Å². The van der Waals surface area contributed by atoms with Gasteiger partial charge in [0.1, 0.15) is 0 Å². The highest BCUT2D eigenvalue weighted by molar-refractivity contribution is 5.42. The van der Waals surface area contributed by atoms with Crippen molar-refractivity contribution in [3.63, 3.8) is 0 Å². The smallest absolute Gasteiger partial charge is 0.204 e. The fourth-order valence-electron chi connectivity index (χ4n) is 0.477. The molecule has 0 aliphatic carbocycles. The Balaban J connectivity index is 0.000000292. The SMILES string of the molecule is Cc1nccnc1C.NC=O. The van der Waals surface area contributed by atoms with E-state index in [4.69, 9.17) is 4.79 Å². The molecule has 1 rings (SSSR count). The molecule has 60 valence electrons. The first kappa shape index (κ1) is 9.55. The summed E-state index contributed by atoms with van der Waals surface area (Å²) >= 11 is 0. The normalized spacial score (nSPS) is 7.82. The van der Waals surface area contributed by atoms with E-state index in [1.165, 1.54) is 0 Å². The Kier molecular flexibility index (Phi) is 4.64. The molecule has 2 N–H and O–H groups in total. The Hall–Kier alpha value is -1.45. The Bertz CT molecular complexity index is 204. The molecule has 1 heterocycles. The Morgan fingerprint density at radius 1 is 1.27 bits per heavy atom. The number of rotatable bonds is 0. The summed E-state index contributed by atoms with van der Waals surface area (Å²) in [7, 11) is 0. The van der Waals surface area contributed by atoms with E-state index in [0.29, 0.717) is 0 Å². The molecule has 1 aromatic heterocycles. The molecule has 0 atom stereocenters. The standard InChI is InChI=1S/C6H8N2.CH3NO/c1-5-6(2)8-4-3-7-5;2-1-3/h3-4H,1-2H3;1H,(H2,2,3). The maximum absolute atomic E-state index is 8.58. The van der Waals surface area contributed by atoms with Gasteiger partial charge in [0.25, 0.3) is 0 Å². The van der Waals surface area contributed by atoms with Gasteiger partial charge in [0.2, 0.25) is 6.41 Å². The molecule has 4 nitrogen and oxygen atoms in total. The van der Waals surface area contributed by atoms with Gasteiger partial charge in [0.15, 0.2) is 0 Å². The third-order valence-corrected chi connectivity index (χ3v) is 1.13. The predicted molar refractivity (Wildman–Crippen MR) is 41.8 cm³/mol. The summed E-state index contributed by atoms with van der Waals surface area (Å²) < 4.78 is 0. The van der Waals surface area contributed by atoms with Crippen molar-refractivity contribution in [1.82, 2.24) is 9.97 Å². The first-order valence-electron chi connectivity index (χ1n) is 3.12. The fourth-order valence-corrected chi connectivity index (χ4v) is 0.477. The highest BCUT2D eigenvalue weighted by Gasteiger charge is 1.87. The number of amides is 1. The Labute approximate surface area is 65.5 Å². The minimum Gasteiger partial charge on any atom is -0.372 e. The highest BCUT2D eigenvalue weighted by atomic mass is 16.1. The maximum atomic E-state index is 8.58. The average Bonchev–Trinajstić information content (AvgIpc) is 1.97. The van der Waals surface area contributed by atoms with Gasteiger partial charge in [-0.25, -0.2) is 0 Å². The van der Waals surface area contributed by atoms with Crippen LogP contribution in [-0.2, 0) is 4.79 Å². The number of carbonyl (C=O) groups excluding carboxylic acids is 1. The number of nitrogens with two attached hydrogens (primary N) is 1. The molecule has 0 aliphatic rings. The topological polar surface area (TPSA) is 68.9 Å². The zero-order valence-electron chi connectivity index (χ0n) is 6.61. The molecule has 11 heavy (non-hydrogen) atoms. The number of carbonyl (C=O) groups is 1. The minimum absolute atomic E-state index is 0.250. The van der Waals surface area contributed by atoms with E-state index in [1.807, 2.05) is 13.8 Å². The van der Waals surface area contributed by atoms with Crippen molar-refractivity contribution in [1.29, 1.82) is 0 Å². The third kappa shape index (κ3) is 4.02. The van der Waals surface area contributed by atoms with Crippen LogP contribution >= 0.6 is 0 Å². The third-order valence-electron chi connectivity index (χ3n) is 1.13. The summed E-state index contributed by atoms with van der Waals surface area (Å²) in [5, 5.41) is 0. The van der Waals surface area contributed by atoms with Crippen molar-refractivity contribution in [3.8, 4) is 0 Å². The molecule has 0 aromatic carbocycles. The molecular formula is C7H11N3O. The second kappa shape index (κ2) is 5.34. The van der Waals surface area contributed by atoms with Gasteiger partial charge in [-0.05, 0) is 13.8 Å². The van der Waals surface area contributed by atoms with E-state index < -0.39 is 0 Å². The zero-order valence-corrected chi connectivity index (χ0v) is 6.61. The molecule has 0 unspecified atom stereocenters. The van der Waals surface area contributed by atoms with Gasteiger partial charge in [0, 0.05) is 12.4 Å². The van der Waals surface area contributed by atoms with Gasteiger partial charge in [-0.15, -0.1) is 0 Å². The van der Waals surface area contributed by atoms with Gasteiger partial charge < -0.3 is 5.73 Å². The first-order chi connectivity index (χ1) is 5.22. The lowest BCUT2D eigenvalue weighted by Gasteiger charge is -1.91. The summed E-state index contributed by atoms with van der Waals surface area (Å²) in [5.74, 6) is 0. The minimum atomic E-state index is 0.250. The van der Waals surface area contributed by atoms with Crippen LogP contribution < -0.4 is 5.73 Å². The van der Waals surface area contributed by atoms with Crippen LogP contribution in [0.4, 0.5) is 0 Å². The molecule has 0 saturated carbocycles. The largest absolute Gasteiger partial charge is 0.372 e. The van der Waals surface area contributed by atoms with Gasteiger partial charge in [-0.2, -0.15) is 0 Å². The molecule has 0 radical (unpaired) electrons. The molecule has 0 fully saturated rings. The van der Waals surface area contributed by atoms with E-state index in [0.717, 1.165) is 11.4 Å². The molecule has 4 heteroatoms. The van der Waals surface area contributed by atoms with Crippen LogP contribution in [0.15, 0.2) is 12.4 Å². The summed E-state index contributed by atoms with van der Waals surface area (Å²) in [6.45, 7) is 3.89. The molecule has 1 aromatic rings. The number of hydrogen-bond donors (Lipinski definition) is 1. The quantitative estimate of drug-likeness (QED) is 0.541. The summed E-state index contributed by atoms with van der Waals surface area (Å²) in [6, 6.07) is 0. The van der Waals surface area contributed by atoms with Gasteiger partial charge in [-0.1, -0.05) is 0 Å². The van der Waals surface area contributed by atoms with Crippen LogP contribution in [-0.4, -0.2) is 16.4 Å². The summed E-state index contributed by atoms with van der Waals surface area (Å²) in [6.07, 6.45) is 3.64. The van der Waals surface area contributed by atoms with Crippen LogP contribution in [0.1, 0.15) is 11.4 Å². The van der Waals surface area contributed by atoms with Gasteiger partial charge in [-0.3, -0.25) is 14.8 Å². The van der Waals surface area contributed by atoms with E-state index in [9.17, 15) is 0 Å². The number of nitrogens with zero attached hydrogens (tertiary/aromatic N) is 2. The van der Waals surface area contributed by atoms with E-state index in [1.54, 1.807) is 12.4 Å². The average molecular weight is 153 g/mol. The lowest BCUT2D eigenvalue weighted by molar-refractivity contribution is -0.106. The lowest BCUT2D eigenvalue weighted by atomic mass is 10.4. The maximum Gasteiger partial charge on any atom is 0.204 e. The number of hydrogen-bond acceptors (Lipinski definition) is 3.